The maximum atomic E-state index is 5.81. The summed E-state index contributed by atoms with van der Waals surface area (Å²) in [6.45, 7) is 0.700. The van der Waals surface area contributed by atoms with E-state index in [1.807, 2.05) is 41.1 Å². The quantitative estimate of drug-likeness (QED) is 0.503. The number of anilines is 1. The number of aromatic amines is 1. The Morgan fingerprint density at radius 1 is 1.13 bits per heavy atom. The first-order valence-electron chi connectivity index (χ1n) is 7.09. The van der Waals surface area contributed by atoms with Crippen molar-refractivity contribution in [2.24, 2.45) is 0 Å². The lowest BCUT2D eigenvalue weighted by Gasteiger charge is -2.03. The van der Waals surface area contributed by atoms with Crippen LogP contribution in [0.1, 0.15) is 5.56 Å². The minimum Gasteiger partial charge on any atom is -0.382 e. The minimum absolute atomic E-state index is 0.508. The van der Waals surface area contributed by atoms with Crippen LogP contribution in [-0.2, 0) is 6.54 Å². The maximum absolute atomic E-state index is 5.81. The highest BCUT2D eigenvalue weighted by Crippen LogP contribution is 2.27. The predicted molar refractivity (Wildman–Crippen MR) is 97.8 cm³/mol. The Hall–Kier alpha value is -2.42. The fourth-order valence-electron chi connectivity index (χ4n) is 2.52. The van der Waals surface area contributed by atoms with Gasteiger partial charge in [-0.2, -0.15) is 5.10 Å². The standard InChI is InChI=1S/C16H13IN6/c17-15-14(11-6-7-12-13(8-11)19-21-16(12)18)20-22-23(15)9-10-4-2-1-3-5-10/h1-8H,9H2,(H3,18,19,21). The Balaban J connectivity index is 1.71. The summed E-state index contributed by atoms with van der Waals surface area (Å²) in [5.74, 6) is 0.508. The number of H-pyrrole nitrogens is 1. The van der Waals surface area contributed by atoms with Crippen LogP contribution < -0.4 is 5.73 Å². The van der Waals surface area contributed by atoms with E-state index in [2.05, 4.69) is 55.2 Å². The Morgan fingerprint density at radius 2 is 1.96 bits per heavy atom. The van der Waals surface area contributed by atoms with Crippen LogP contribution in [0.15, 0.2) is 48.5 Å². The van der Waals surface area contributed by atoms with E-state index in [-0.39, 0.29) is 0 Å². The van der Waals surface area contributed by atoms with Gasteiger partial charge >= 0.3 is 0 Å². The van der Waals surface area contributed by atoms with Gasteiger partial charge in [-0.15, -0.1) is 5.10 Å². The van der Waals surface area contributed by atoms with E-state index in [0.29, 0.717) is 12.4 Å². The van der Waals surface area contributed by atoms with Crippen molar-refractivity contribution in [2.45, 2.75) is 6.54 Å². The van der Waals surface area contributed by atoms with Crippen molar-refractivity contribution in [3.8, 4) is 11.3 Å². The molecule has 0 radical (unpaired) electrons. The second-order valence-corrected chi connectivity index (χ2v) is 6.26. The number of hydrogen-bond donors (Lipinski definition) is 2. The number of fused-ring (bicyclic) bond motifs is 1. The molecule has 0 unspecified atom stereocenters. The molecule has 0 aliphatic carbocycles. The molecule has 4 rings (SSSR count). The van der Waals surface area contributed by atoms with Gasteiger partial charge in [-0.25, -0.2) is 4.68 Å². The molecule has 2 heterocycles. The lowest BCUT2D eigenvalue weighted by molar-refractivity contribution is 0.636. The van der Waals surface area contributed by atoms with Crippen molar-refractivity contribution >= 4 is 39.3 Å². The van der Waals surface area contributed by atoms with E-state index >= 15 is 0 Å². The predicted octanol–water partition coefficient (Wildman–Crippen LogP) is 3.06. The summed E-state index contributed by atoms with van der Waals surface area (Å²) in [5, 5.41) is 16.5. The van der Waals surface area contributed by atoms with Crippen LogP contribution in [0.5, 0.6) is 0 Å². The summed E-state index contributed by atoms with van der Waals surface area (Å²) in [5.41, 5.74) is 9.75. The molecule has 2 aromatic carbocycles. The molecule has 6 nitrogen and oxygen atoms in total. The summed E-state index contributed by atoms with van der Waals surface area (Å²) < 4.78 is 2.90. The van der Waals surface area contributed by atoms with Crippen molar-refractivity contribution in [1.29, 1.82) is 0 Å². The van der Waals surface area contributed by atoms with Gasteiger partial charge in [0.05, 0.1) is 12.1 Å². The topological polar surface area (TPSA) is 85.4 Å². The summed E-state index contributed by atoms with van der Waals surface area (Å²) in [6.07, 6.45) is 0. The van der Waals surface area contributed by atoms with Gasteiger partial charge in [-0.05, 0) is 40.3 Å². The summed E-state index contributed by atoms with van der Waals surface area (Å²) in [4.78, 5) is 0. The van der Waals surface area contributed by atoms with Gasteiger partial charge in [0.15, 0.2) is 5.82 Å². The molecule has 0 spiro atoms. The van der Waals surface area contributed by atoms with E-state index in [0.717, 1.165) is 25.9 Å². The Bertz CT molecular complexity index is 973. The third-order valence-corrected chi connectivity index (χ3v) is 4.78. The zero-order valence-electron chi connectivity index (χ0n) is 12.1. The minimum atomic E-state index is 0.508. The van der Waals surface area contributed by atoms with Gasteiger partial charge < -0.3 is 5.73 Å². The molecule has 0 saturated heterocycles. The van der Waals surface area contributed by atoms with Crippen molar-refractivity contribution < 1.29 is 0 Å². The molecular weight excluding hydrogens is 403 g/mol. The number of halogens is 1. The molecule has 0 bridgehead atoms. The lowest BCUT2D eigenvalue weighted by atomic mass is 10.1. The van der Waals surface area contributed by atoms with Gasteiger partial charge in [0, 0.05) is 10.9 Å². The van der Waals surface area contributed by atoms with Gasteiger partial charge in [0.25, 0.3) is 0 Å². The van der Waals surface area contributed by atoms with Crippen molar-refractivity contribution in [3.63, 3.8) is 0 Å². The average molecular weight is 416 g/mol. The van der Waals surface area contributed by atoms with Gasteiger partial charge in [-0.3, -0.25) is 5.10 Å². The molecule has 114 valence electrons. The van der Waals surface area contributed by atoms with Crippen LogP contribution in [0.2, 0.25) is 0 Å². The number of rotatable bonds is 3. The van der Waals surface area contributed by atoms with Crippen LogP contribution in [-0.4, -0.2) is 25.2 Å². The maximum Gasteiger partial charge on any atom is 0.153 e. The molecule has 0 saturated carbocycles. The van der Waals surface area contributed by atoms with Crippen molar-refractivity contribution in [1.82, 2.24) is 25.2 Å². The fourth-order valence-corrected chi connectivity index (χ4v) is 3.21. The molecule has 0 fully saturated rings. The smallest absolute Gasteiger partial charge is 0.153 e. The Labute approximate surface area is 145 Å². The second-order valence-electron chi connectivity index (χ2n) is 5.24. The highest BCUT2D eigenvalue weighted by molar-refractivity contribution is 14.1. The zero-order chi connectivity index (χ0) is 15.8. The largest absolute Gasteiger partial charge is 0.382 e. The SMILES string of the molecule is Nc1n[nH]c2cc(-c3nnn(Cc4ccccc4)c3I)ccc12. The monoisotopic (exact) mass is 416 g/mol. The molecule has 0 aliphatic heterocycles. The second kappa shape index (κ2) is 5.65. The Morgan fingerprint density at radius 3 is 2.78 bits per heavy atom. The molecule has 3 N–H and O–H groups in total. The van der Waals surface area contributed by atoms with Crippen LogP contribution in [0.3, 0.4) is 0 Å². The number of nitrogen functional groups attached to an aromatic ring is 1. The van der Waals surface area contributed by atoms with E-state index in [9.17, 15) is 0 Å². The molecule has 0 atom stereocenters. The van der Waals surface area contributed by atoms with Crippen LogP contribution >= 0.6 is 22.6 Å². The van der Waals surface area contributed by atoms with Crippen LogP contribution in [0.4, 0.5) is 5.82 Å². The van der Waals surface area contributed by atoms with E-state index in [1.165, 1.54) is 5.56 Å². The first kappa shape index (κ1) is 14.2. The van der Waals surface area contributed by atoms with E-state index < -0.39 is 0 Å². The van der Waals surface area contributed by atoms with Crippen molar-refractivity contribution in [3.05, 3.63) is 57.8 Å². The van der Waals surface area contributed by atoms with Gasteiger partial charge in [-0.1, -0.05) is 41.6 Å². The van der Waals surface area contributed by atoms with Gasteiger partial charge in [0.1, 0.15) is 9.39 Å². The molecule has 0 aliphatic rings. The van der Waals surface area contributed by atoms with Crippen molar-refractivity contribution in [2.75, 3.05) is 5.73 Å². The van der Waals surface area contributed by atoms with E-state index in [1.54, 1.807) is 0 Å². The number of hydrogen-bond acceptors (Lipinski definition) is 4. The van der Waals surface area contributed by atoms with Crippen LogP contribution in [0, 0.1) is 3.70 Å². The first-order valence-corrected chi connectivity index (χ1v) is 8.17. The molecule has 23 heavy (non-hydrogen) atoms. The number of benzene rings is 2. The van der Waals surface area contributed by atoms with E-state index in [4.69, 9.17) is 5.73 Å². The van der Waals surface area contributed by atoms with Crippen LogP contribution in [0.25, 0.3) is 22.2 Å². The normalized spacial score (nSPS) is 11.2. The third-order valence-electron chi connectivity index (χ3n) is 3.72. The average Bonchev–Trinajstić information content (AvgIpc) is 3.12. The number of nitrogens with two attached hydrogens (primary N) is 1. The highest BCUT2D eigenvalue weighted by atomic mass is 127. The van der Waals surface area contributed by atoms with Gasteiger partial charge in [0.2, 0.25) is 0 Å². The number of nitrogens with zero attached hydrogens (tertiary/aromatic N) is 4. The molecule has 0 amide bonds. The number of aromatic nitrogens is 5. The first-order chi connectivity index (χ1) is 11.2. The summed E-state index contributed by atoms with van der Waals surface area (Å²) in [6, 6.07) is 16.2. The third kappa shape index (κ3) is 2.56. The Kier molecular flexibility index (Phi) is 3.49. The molecule has 4 aromatic rings. The zero-order valence-corrected chi connectivity index (χ0v) is 14.2. The lowest BCUT2D eigenvalue weighted by Crippen LogP contribution is -2.03. The summed E-state index contributed by atoms with van der Waals surface area (Å²) >= 11 is 2.28. The molecular formula is C16H13IN6. The molecule has 2 aromatic heterocycles. The fraction of sp³-hybridized carbons (Fsp3) is 0.0625. The highest BCUT2D eigenvalue weighted by Gasteiger charge is 2.14. The molecule has 7 heteroatoms. The number of nitrogens with one attached hydrogen (secondary N) is 1. The summed E-state index contributed by atoms with van der Waals surface area (Å²) in [7, 11) is 0.